The summed E-state index contributed by atoms with van der Waals surface area (Å²) in [6.07, 6.45) is 1.36. The number of carbonyl (C=O) groups excluding carboxylic acids is 5. The molecule has 0 radical (unpaired) electrons. The molecule has 0 saturated carbocycles. The molecule has 1 heterocycles. The lowest BCUT2D eigenvalue weighted by molar-refractivity contribution is -0.148. The number of carbonyl (C=O) groups is 5. The van der Waals surface area contributed by atoms with E-state index >= 15 is 0 Å². The number of nitrogens with one attached hydrogen (secondary N) is 3. The molecule has 2 aromatic rings. The minimum Gasteiger partial charge on any atom is -0.399 e. The molecule has 9 atom stereocenters. The summed E-state index contributed by atoms with van der Waals surface area (Å²) in [5, 5.41) is 9.17. The summed E-state index contributed by atoms with van der Waals surface area (Å²) in [5.74, 6) is -1.95. The summed E-state index contributed by atoms with van der Waals surface area (Å²) < 4.78 is 12.1. The Bertz CT molecular complexity index is 1700. The monoisotopic (exact) mass is 850 g/mol. The van der Waals surface area contributed by atoms with E-state index in [1.54, 1.807) is 62.3 Å². The van der Waals surface area contributed by atoms with Gasteiger partial charge in [0.25, 0.3) is 5.91 Å². The topological polar surface area (TPSA) is 176 Å². The minimum atomic E-state index is -0.774. The number of likely N-dealkylation sites (N-methyl/N-ethyl adjacent to an activating group) is 2. The number of likely N-dealkylation sites (tertiary alicyclic amines) is 1. The third kappa shape index (κ3) is 14.0. The molecule has 3 rings (SSSR count). The SMILES string of the molecule is CC[C@H](C)[C@@H]([C@H](CC(=O)N1CCC[C@H]1[C@H](OC)[C@@H](C)C(=O)N[C@H](CNC(=O)c1ccc(N)cc1)Cc1ccccc1)OC)N(C)C(=O)[C@@H](NC(=O)[C@H](C(C)C)N(C)C)C(C)C. The number of rotatable bonds is 23. The van der Waals surface area contributed by atoms with Gasteiger partial charge in [-0.15, -0.1) is 0 Å². The third-order valence-corrected chi connectivity index (χ3v) is 12.3. The van der Waals surface area contributed by atoms with Gasteiger partial charge < -0.3 is 41.0 Å². The highest BCUT2D eigenvalue weighted by atomic mass is 16.5. The van der Waals surface area contributed by atoms with E-state index in [2.05, 4.69) is 16.0 Å². The van der Waals surface area contributed by atoms with Crippen molar-refractivity contribution in [1.82, 2.24) is 30.7 Å². The highest BCUT2D eigenvalue weighted by molar-refractivity contribution is 5.94. The number of benzene rings is 2. The first kappa shape index (κ1) is 50.8. The zero-order valence-corrected chi connectivity index (χ0v) is 38.8. The number of hydrogen-bond donors (Lipinski definition) is 4. The summed E-state index contributed by atoms with van der Waals surface area (Å²) in [7, 11) is 8.57. The van der Waals surface area contributed by atoms with Crippen molar-refractivity contribution in [2.24, 2.45) is 23.7 Å². The normalized spacial score (nSPS) is 18.1. The Morgan fingerprint density at radius 1 is 0.852 bits per heavy atom. The zero-order valence-electron chi connectivity index (χ0n) is 38.8. The summed E-state index contributed by atoms with van der Waals surface area (Å²) in [6.45, 7) is 14.4. The minimum absolute atomic E-state index is 0.0122. The summed E-state index contributed by atoms with van der Waals surface area (Å²) in [5.41, 5.74) is 7.83. The first-order valence-electron chi connectivity index (χ1n) is 21.9. The van der Waals surface area contributed by atoms with E-state index in [1.165, 1.54) is 0 Å². The van der Waals surface area contributed by atoms with Crippen molar-refractivity contribution < 1.29 is 33.4 Å². The van der Waals surface area contributed by atoms with Crippen molar-refractivity contribution in [2.75, 3.05) is 54.2 Å². The van der Waals surface area contributed by atoms with Crippen molar-refractivity contribution >= 4 is 35.2 Å². The van der Waals surface area contributed by atoms with E-state index < -0.39 is 42.3 Å². The second-order valence-electron chi connectivity index (χ2n) is 17.7. The van der Waals surface area contributed by atoms with Crippen LogP contribution in [-0.2, 0) is 35.1 Å². The van der Waals surface area contributed by atoms with E-state index in [4.69, 9.17) is 15.2 Å². The van der Waals surface area contributed by atoms with Crippen LogP contribution >= 0.6 is 0 Å². The number of nitrogens with two attached hydrogens (primary N) is 1. The number of hydrogen-bond acceptors (Lipinski definition) is 9. The van der Waals surface area contributed by atoms with Crippen LogP contribution < -0.4 is 21.7 Å². The molecule has 1 aliphatic heterocycles. The number of amides is 5. The van der Waals surface area contributed by atoms with Gasteiger partial charge in [0.2, 0.25) is 23.6 Å². The van der Waals surface area contributed by atoms with Crippen LogP contribution in [0.5, 0.6) is 0 Å². The number of nitrogen functional groups attached to an aromatic ring is 1. The van der Waals surface area contributed by atoms with Gasteiger partial charge in [-0.05, 0) is 80.9 Å². The lowest BCUT2D eigenvalue weighted by atomic mass is 9.89. The zero-order chi connectivity index (χ0) is 45.6. The standard InChI is InChI=1S/C47H75N7O7/c1-13-31(6)42(53(10)47(59)40(29(2)3)51-46(58)41(30(4)5)52(8)9)38(60-11)27-39(55)54-25-17-20-37(54)43(61-12)32(7)44(56)50-36(26-33-18-15-14-16-19-33)28-49-45(57)34-21-23-35(48)24-22-34/h14-16,18-19,21-24,29-32,36-38,40-43H,13,17,20,25-28,48H2,1-12H3,(H,49,57)(H,50,56)(H,51,58)/t31-,32+,36-,37-,38-,40-,41-,42-,43+/m0/s1. The van der Waals surface area contributed by atoms with E-state index in [9.17, 15) is 24.0 Å². The predicted octanol–water partition coefficient (Wildman–Crippen LogP) is 4.37. The Labute approximate surface area is 365 Å². The Morgan fingerprint density at radius 3 is 2.03 bits per heavy atom. The maximum atomic E-state index is 14.4. The molecule has 0 unspecified atom stereocenters. The fourth-order valence-electron chi connectivity index (χ4n) is 8.77. The summed E-state index contributed by atoms with van der Waals surface area (Å²) >= 11 is 0. The van der Waals surface area contributed by atoms with Gasteiger partial charge in [-0.3, -0.25) is 28.9 Å². The first-order chi connectivity index (χ1) is 28.9. The van der Waals surface area contributed by atoms with Crippen molar-refractivity contribution in [3.63, 3.8) is 0 Å². The quantitative estimate of drug-likeness (QED) is 0.118. The second kappa shape index (κ2) is 24.2. The molecule has 340 valence electrons. The highest BCUT2D eigenvalue weighted by Crippen LogP contribution is 2.30. The molecule has 61 heavy (non-hydrogen) atoms. The van der Waals surface area contributed by atoms with Crippen LogP contribution in [0.4, 0.5) is 5.69 Å². The number of methoxy groups -OCH3 is 2. The van der Waals surface area contributed by atoms with Gasteiger partial charge in [-0.2, -0.15) is 0 Å². The second-order valence-corrected chi connectivity index (χ2v) is 17.7. The van der Waals surface area contributed by atoms with Crippen molar-refractivity contribution in [3.05, 3.63) is 65.7 Å². The number of anilines is 1. The van der Waals surface area contributed by atoms with Crippen LogP contribution in [0, 0.1) is 23.7 Å². The molecule has 1 saturated heterocycles. The molecule has 5 amide bonds. The molecule has 0 aliphatic carbocycles. The van der Waals surface area contributed by atoms with Crippen LogP contribution in [0.2, 0.25) is 0 Å². The van der Waals surface area contributed by atoms with Crippen LogP contribution in [0.15, 0.2) is 54.6 Å². The van der Waals surface area contributed by atoms with Gasteiger partial charge in [0, 0.05) is 45.6 Å². The average Bonchev–Trinajstić information content (AvgIpc) is 3.71. The fraction of sp³-hybridized carbons (Fsp3) is 0.638. The van der Waals surface area contributed by atoms with Gasteiger partial charge in [-0.25, -0.2) is 0 Å². The molecule has 14 heteroatoms. The summed E-state index contributed by atoms with van der Waals surface area (Å²) in [6, 6.07) is 14.0. The van der Waals surface area contributed by atoms with E-state index in [1.807, 2.05) is 90.9 Å². The molecule has 1 aliphatic rings. The van der Waals surface area contributed by atoms with E-state index in [-0.39, 0.29) is 66.3 Å². The van der Waals surface area contributed by atoms with Crippen LogP contribution in [0.25, 0.3) is 0 Å². The molecule has 1 fully saturated rings. The molecular weight excluding hydrogens is 775 g/mol. The average molecular weight is 850 g/mol. The van der Waals surface area contributed by atoms with Gasteiger partial charge >= 0.3 is 0 Å². The Kier molecular flexibility index (Phi) is 20.2. The third-order valence-electron chi connectivity index (χ3n) is 12.3. The molecule has 0 spiro atoms. The maximum Gasteiger partial charge on any atom is 0.251 e. The van der Waals surface area contributed by atoms with Gasteiger partial charge in [0.05, 0.1) is 48.7 Å². The highest BCUT2D eigenvalue weighted by Gasteiger charge is 2.43. The smallest absolute Gasteiger partial charge is 0.251 e. The lowest BCUT2D eigenvalue weighted by Gasteiger charge is -2.41. The van der Waals surface area contributed by atoms with E-state index in [0.717, 1.165) is 18.4 Å². The van der Waals surface area contributed by atoms with Gasteiger partial charge in [0.1, 0.15) is 6.04 Å². The Balaban J connectivity index is 1.78. The Morgan fingerprint density at radius 2 is 1.49 bits per heavy atom. The number of ether oxygens (including phenoxy) is 2. The van der Waals surface area contributed by atoms with Crippen molar-refractivity contribution in [2.45, 2.75) is 123 Å². The predicted molar refractivity (Wildman–Crippen MR) is 240 cm³/mol. The van der Waals surface area contributed by atoms with Crippen LogP contribution in [-0.4, -0.2) is 135 Å². The lowest BCUT2D eigenvalue weighted by Crippen LogP contribution is -2.59. The first-order valence-corrected chi connectivity index (χ1v) is 21.9. The molecule has 0 aromatic heterocycles. The van der Waals surface area contributed by atoms with Crippen molar-refractivity contribution in [3.8, 4) is 0 Å². The van der Waals surface area contributed by atoms with Gasteiger partial charge in [-0.1, -0.05) is 85.2 Å². The Hall–Kier alpha value is -4.53. The van der Waals surface area contributed by atoms with Crippen molar-refractivity contribution in [1.29, 1.82) is 0 Å². The van der Waals surface area contributed by atoms with Crippen LogP contribution in [0.3, 0.4) is 0 Å². The van der Waals surface area contributed by atoms with E-state index in [0.29, 0.717) is 30.6 Å². The molecule has 2 aromatic carbocycles. The largest absolute Gasteiger partial charge is 0.399 e. The maximum absolute atomic E-state index is 14.4. The fourth-order valence-corrected chi connectivity index (χ4v) is 8.77. The van der Waals surface area contributed by atoms with Gasteiger partial charge in [0.15, 0.2) is 0 Å². The molecular formula is C47H75N7O7. The molecule has 14 nitrogen and oxygen atoms in total. The number of nitrogens with zero attached hydrogens (tertiary/aromatic N) is 3. The van der Waals surface area contributed by atoms with Crippen LogP contribution in [0.1, 0.15) is 90.1 Å². The molecule has 0 bridgehead atoms. The summed E-state index contributed by atoms with van der Waals surface area (Å²) in [4.78, 5) is 74.6. The molecule has 5 N–H and O–H groups in total.